The lowest BCUT2D eigenvalue weighted by Gasteiger charge is -2.12. The lowest BCUT2D eigenvalue weighted by molar-refractivity contribution is 0.167. The van der Waals surface area contributed by atoms with Crippen LogP contribution in [0.2, 0.25) is 0 Å². The number of benzene rings is 1. The maximum Gasteiger partial charge on any atom is 0.123 e. The van der Waals surface area contributed by atoms with Gasteiger partial charge in [-0.05, 0) is 43.0 Å². The zero-order chi connectivity index (χ0) is 10.6. The normalized spacial score (nSPS) is 12.5. The van der Waals surface area contributed by atoms with Crippen molar-refractivity contribution in [3.05, 3.63) is 47.8 Å². The van der Waals surface area contributed by atoms with Gasteiger partial charge in [0.05, 0.1) is 6.10 Å². The molecule has 0 spiro atoms. The molecular formula is C12H15FO. The van der Waals surface area contributed by atoms with E-state index in [4.69, 9.17) is 0 Å². The maximum absolute atomic E-state index is 12.9. The highest BCUT2D eigenvalue weighted by Gasteiger charge is 2.10. The van der Waals surface area contributed by atoms with Crippen LogP contribution in [0.5, 0.6) is 0 Å². The minimum Gasteiger partial charge on any atom is -0.388 e. The predicted molar refractivity (Wildman–Crippen MR) is 55.5 cm³/mol. The van der Waals surface area contributed by atoms with Gasteiger partial charge in [0.15, 0.2) is 0 Å². The molecule has 0 amide bonds. The molecule has 1 nitrogen and oxygen atoms in total. The molecule has 1 unspecified atom stereocenters. The quantitative estimate of drug-likeness (QED) is 0.730. The summed E-state index contributed by atoms with van der Waals surface area (Å²) in [4.78, 5) is 0. The van der Waals surface area contributed by atoms with Gasteiger partial charge in [0, 0.05) is 0 Å². The van der Waals surface area contributed by atoms with E-state index in [1.165, 1.54) is 12.1 Å². The van der Waals surface area contributed by atoms with Gasteiger partial charge in [-0.15, -0.1) is 6.58 Å². The van der Waals surface area contributed by atoms with Gasteiger partial charge < -0.3 is 5.11 Å². The van der Waals surface area contributed by atoms with Crippen LogP contribution in [-0.4, -0.2) is 5.11 Å². The van der Waals surface area contributed by atoms with E-state index < -0.39 is 6.10 Å². The highest BCUT2D eigenvalue weighted by atomic mass is 19.1. The Labute approximate surface area is 83.9 Å². The highest BCUT2D eigenvalue weighted by molar-refractivity contribution is 5.28. The third kappa shape index (κ3) is 2.67. The number of aliphatic hydroxyl groups is 1. The average Bonchev–Trinajstić information content (AvgIpc) is 2.18. The fourth-order valence-corrected chi connectivity index (χ4v) is 1.40. The van der Waals surface area contributed by atoms with Crippen molar-refractivity contribution in [2.75, 3.05) is 0 Å². The fraction of sp³-hybridized carbons (Fsp3) is 0.333. The van der Waals surface area contributed by atoms with Gasteiger partial charge >= 0.3 is 0 Å². The number of hydrogen-bond acceptors (Lipinski definition) is 1. The summed E-state index contributed by atoms with van der Waals surface area (Å²) in [6.45, 7) is 5.45. The first-order chi connectivity index (χ1) is 6.65. The molecule has 0 radical (unpaired) electrons. The Morgan fingerprint density at radius 2 is 2.29 bits per heavy atom. The third-order valence-corrected chi connectivity index (χ3v) is 2.24. The molecule has 0 fully saturated rings. The van der Waals surface area contributed by atoms with E-state index >= 15 is 0 Å². The monoisotopic (exact) mass is 194 g/mol. The van der Waals surface area contributed by atoms with Crippen molar-refractivity contribution in [1.82, 2.24) is 0 Å². The summed E-state index contributed by atoms with van der Waals surface area (Å²) in [6.07, 6.45) is 2.48. The zero-order valence-electron chi connectivity index (χ0n) is 8.33. The number of aliphatic hydroxyl groups excluding tert-OH is 1. The Bertz CT molecular complexity index is 320. The molecule has 0 heterocycles. The predicted octanol–water partition coefficient (Wildman–Crippen LogP) is 3.13. The number of rotatable bonds is 4. The van der Waals surface area contributed by atoms with Crippen molar-refractivity contribution in [3.8, 4) is 0 Å². The first-order valence-electron chi connectivity index (χ1n) is 4.70. The number of halogens is 1. The zero-order valence-corrected chi connectivity index (χ0v) is 8.33. The molecule has 0 aliphatic heterocycles. The lowest BCUT2D eigenvalue weighted by atomic mass is 10.00. The van der Waals surface area contributed by atoms with Crippen molar-refractivity contribution in [2.45, 2.75) is 25.9 Å². The van der Waals surface area contributed by atoms with Crippen LogP contribution in [0.4, 0.5) is 4.39 Å². The van der Waals surface area contributed by atoms with E-state index in [-0.39, 0.29) is 5.82 Å². The van der Waals surface area contributed by atoms with Gasteiger partial charge in [0.2, 0.25) is 0 Å². The number of allylic oxidation sites excluding steroid dienone is 1. The smallest absolute Gasteiger partial charge is 0.123 e. The Kier molecular flexibility index (Phi) is 3.84. The largest absolute Gasteiger partial charge is 0.388 e. The van der Waals surface area contributed by atoms with Crippen LogP contribution < -0.4 is 0 Å². The van der Waals surface area contributed by atoms with Crippen LogP contribution >= 0.6 is 0 Å². The molecule has 2 heteroatoms. The SMILES string of the molecule is C=CCCC(O)c1cc(F)ccc1C. The van der Waals surface area contributed by atoms with Crippen LogP contribution in [0.1, 0.15) is 30.1 Å². The topological polar surface area (TPSA) is 20.2 Å². The van der Waals surface area contributed by atoms with Crippen LogP contribution in [0.15, 0.2) is 30.9 Å². The van der Waals surface area contributed by atoms with Crippen molar-refractivity contribution < 1.29 is 9.50 Å². The summed E-state index contributed by atoms with van der Waals surface area (Å²) in [6, 6.07) is 4.48. The van der Waals surface area contributed by atoms with Crippen molar-refractivity contribution in [1.29, 1.82) is 0 Å². The highest BCUT2D eigenvalue weighted by Crippen LogP contribution is 2.22. The van der Waals surface area contributed by atoms with Gasteiger partial charge in [-0.25, -0.2) is 4.39 Å². The second kappa shape index (κ2) is 4.91. The van der Waals surface area contributed by atoms with E-state index in [0.29, 0.717) is 12.0 Å². The van der Waals surface area contributed by atoms with Crippen molar-refractivity contribution in [2.24, 2.45) is 0 Å². The number of aryl methyl sites for hydroxylation is 1. The summed E-state index contributed by atoms with van der Waals surface area (Å²) in [7, 11) is 0. The fourth-order valence-electron chi connectivity index (χ4n) is 1.40. The summed E-state index contributed by atoms with van der Waals surface area (Å²) >= 11 is 0. The van der Waals surface area contributed by atoms with Crippen LogP contribution in [0, 0.1) is 12.7 Å². The van der Waals surface area contributed by atoms with Gasteiger partial charge in [-0.1, -0.05) is 12.1 Å². The molecule has 1 aromatic carbocycles. The Morgan fingerprint density at radius 3 is 2.93 bits per heavy atom. The minimum atomic E-state index is -0.594. The summed E-state index contributed by atoms with van der Waals surface area (Å²) in [5.41, 5.74) is 1.59. The van der Waals surface area contributed by atoms with E-state index in [1.807, 2.05) is 6.92 Å². The van der Waals surface area contributed by atoms with Gasteiger partial charge in [-0.2, -0.15) is 0 Å². The molecular weight excluding hydrogens is 179 g/mol. The second-order valence-electron chi connectivity index (χ2n) is 3.38. The molecule has 1 atom stereocenters. The third-order valence-electron chi connectivity index (χ3n) is 2.24. The van der Waals surface area contributed by atoms with E-state index in [0.717, 1.165) is 12.0 Å². The van der Waals surface area contributed by atoms with Crippen molar-refractivity contribution in [3.63, 3.8) is 0 Å². The Morgan fingerprint density at radius 1 is 1.57 bits per heavy atom. The second-order valence-corrected chi connectivity index (χ2v) is 3.38. The van der Waals surface area contributed by atoms with Crippen molar-refractivity contribution >= 4 is 0 Å². The molecule has 14 heavy (non-hydrogen) atoms. The standard InChI is InChI=1S/C12H15FO/c1-3-4-5-12(14)11-8-10(13)7-6-9(11)2/h3,6-8,12,14H,1,4-5H2,2H3. The Hall–Kier alpha value is -1.15. The first kappa shape index (κ1) is 10.9. The van der Waals surface area contributed by atoms with Gasteiger partial charge in [-0.3, -0.25) is 0 Å². The first-order valence-corrected chi connectivity index (χ1v) is 4.70. The van der Waals surface area contributed by atoms with E-state index in [1.54, 1.807) is 12.1 Å². The van der Waals surface area contributed by atoms with Crippen LogP contribution in [0.25, 0.3) is 0 Å². The molecule has 0 bridgehead atoms. The van der Waals surface area contributed by atoms with Crippen LogP contribution in [0.3, 0.4) is 0 Å². The molecule has 0 aliphatic carbocycles. The molecule has 1 aromatic rings. The molecule has 1 rings (SSSR count). The van der Waals surface area contributed by atoms with Gasteiger partial charge in [0.25, 0.3) is 0 Å². The molecule has 1 N–H and O–H groups in total. The summed E-state index contributed by atoms with van der Waals surface area (Å²) in [5, 5.41) is 9.74. The van der Waals surface area contributed by atoms with E-state index in [9.17, 15) is 9.50 Å². The van der Waals surface area contributed by atoms with Gasteiger partial charge in [0.1, 0.15) is 5.82 Å². The lowest BCUT2D eigenvalue weighted by Crippen LogP contribution is -2.00. The van der Waals surface area contributed by atoms with Crippen LogP contribution in [-0.2, 0) is 0 Å². The molecule has 76 valence electrons. The molecule has 0 saturated carbocycles. The number of hydrogen-bond donors (Lipinski definition) is 1. The summed E-state index contributed by atoms with van der Waals surface area (Å²) in [5.74, 6) is -0.303. The Balaban J connectivity index is 2.82. The maximum atomic E-state index is 12.9. The molecule has 0 saturated heterocycles. The molecule has 0 aromatic heterocycles. The van der Waals surface area contributed by atoms with E-state index in [2.05, 4.69) is 6.58 Å². The summed E-state index contributed by atoms with van der Waals surface area (Å²) < 4.78 is 12.9. The molecule has 0 aliphatic rings. The average molecular weight is 194 g/mol. The minimum absolute atomic E-state index is 0.303.